The van der Waals surface area contributed by atoms with E-state index in [4.69, 9.17) is 11.6 Å². The van der Waals surface area contributed by atoms with Gasteiger partial charge in [-0.05, 0) is 67.1 Å². The van der Waals surface area contributed by atoms with Crippen LogP contribution in [0.2, 0.25) is 5.02 Å². The molecule has 0 radical (unpaired) electrons. The number of amides is 1. The fraction of sp³-hybridized carbons (Fsp3) is 0.360. The van der Waals surface area contributed by atoms with Gasteiger partial charge in [-0.1, -0.05) is 41.9 Å². The van der Waals surface area contributed by atoms with Crippen molar-refractivity contribution >= 4 is 17.5 Å². The smallest absolute Gasteiger partial charge is 0.220 e. The number of piperidine rings is 1. The molecule has 2 aromatic carbocycles. The lowest BCUT2D eigenvalue weighted by Gasteiger charge is -2.32. The molecule has 4 rings (SSSR count). The van der Waals surface area contributed by atoms with Crippen LogP contribution in [-0.2, 0) is 17.9 Å². The molecule has 3 aromatic rings. The predicted molar refractivity (Wildman–Crippen MR) is 124 cm³/mol. The standard InChI is InChI=1S/C25H29ClN4O/c26-24-7-2-1-6-22(24)17-27-25(31)13-10-20-5-3-15-29(18-20)19-21-8-11-23(12-9-21)30-16-4-14-28-30/h1-2,4,6-9,11-12,14,16,20H,3,5,10,13,15,17-19H2,(H,27,31)/t20-/m0/s1. The second kappa shape index (κ2) is 10.6. The van der Waals surface area contributed by atoms with Crippen molar-refractivity contribution in [2.24, 2.45) is 5.92 Å². The first kappa shape index (κ1) is 21.6. The molecule has 1 aliphatic rings. The van der Waals surface area contributed by atoms with Gasteiger partial charge in [0.05, 0.1) is 5.69 Å². The van der Waals surface area contributed by atoms with Crippen molar-refractivity contribution in [1.29, 1.82) is 0 Å². The minimum absolute atomic E-state index is 0.103. The van der Waals surface area contributed by atoms with Gasteiger partial charge in [0.1, 0.15) is 0 Å². The summed E-state index contributed by atoms with van der Waals surface area (Å²) in [5, 5.41) is 7.98. The molecule has 0 aliphatic carbocycles. The normalized spacial score (nSPS) is 16.9. The Hall–Kier alpha value is -2.63. The van der Waals surface area contributed by atoms with Crippen LogP contribution in [0.25, 0.3) is 5.69 Å². The molecule has 31 heavy (non-hydrogen) atoms. The molecule has 1 fully saturated rings. The molecular weight excluding hydrogens is 408 g/mol. The zero-order valence-corrected chi connectivity index (χ0v) is 18.5. The summed E-state index contributed by atoms with van der Waals surface area (Å²) in [6.45, 7) is 3.62. The number of likely N-dealkylation sites (tertiary alicyclic amines) is 1. The van der Waals surface area contributed by atoms with Crippen LogP contribution >= 0.6 is 11.6 Å². The molecule has 1 saturated heterocycles. The number of benzene rings is 2. The summed E-state index contributed by atoms with van der Waals surface area (Å²) >= 11 is 6.16. The van der Waals surface area contributed by atoms with Crippen LogP contribution in [0.15, 0.2) is 67.0 Å². The van der Waals surface area contributed by atoms with Crippen molar-refractivity contribution in [3.63, 3.8) is 0 Å². The number of halogens is 1. The van der Waals surface area contributed by atoms with E-state index in [-0.39, 0.29) is 5.91 Å². The van der Waals surface area contributed by atoms with Crippen molar-refractivity contribution in [3.05, 3.63) is 83.1 Å². The number of nitrogens with zero attached hydrogens (tertiary/aromatic N) is 3. The van der Waals surface area contributed by atoms with E-state index in [1.165, 1.54) is 18.4 Å². The SMILES string of the molecule is O=C(CC[C@@H]1CCCN(Cc2ccc(-n3cccn3)cc2)C1)NCc1ccccc1Cl. The number of hydrogen-bond donors (Lipinski definition) is 1. The topological polar surface area (TPSA) is 50.2 Å². The lowest BCUT2D eigenvalue weighted by molar-refractivity contribution is -0.121. The summed E-state index contributed by atoms with van der Waals surface area (Å²) < 4.78 is 1.87. The van der Waals surface area contributed by atoms with Crippen LogP contribution in [0, 0.1) is 5.92 Å². The van der Waals surface area contributed by atoms with Crippen molar-refractivity contribution in [2.45, 2.75) is 38.8 Å². The van der Waals surface area contributed by atoms with Crippen LogP contribution < -0.4 is 5.32 Å². The monoisotopic (exact) mass is 436 g/mol. The highest BCUT2D eigenvalue weighted by Gasteiger charge is 2.20. The van der Waals surface area contributed by atoms with Gasteiger partial charge in [-0.25, -0.2) is 4.68 Å². The molecule has 2 heterocycles. The maximum Gasteiger partial charge on any atom is 0.220 e. The van der Waals surface area contributed by atoms with E-state index in [9.17, 15) is 4.79 Å². The van der Waals surface area contributed by atoms with E-state index < -0.39 is 0 Å². The highest BCUT2D eigenvalue weighted by Crippen LogP contribution is 2.23. The number of carbonyl (C=O) groups is 1. The predicted octanol–water partition coefficient (Wildman–Crippen LogP) is 4.83. The van der Waals surface area contributed by atoms with Crippen molar-refractivity contribution in [1.82, 2.24) is 20.0 Å². The zero-order valence-electron chi connectivity index (χ0n) is 17.7. The third-order valence-electron chi connectivity index (χ3n) is 5.93. The summed E-state index contributed by atoms with van der Waals surface area (Å²) in [4.78, 5) is 14.8. The van der Waals surface area contributed by atoms with E-state index in [0.717, 1.165) is 37.3 Å². The summed E-state index contributed by atoms with van der Waals surface area (Å²) in [7, 11) is 0. The van der Waals surface area contributed by atoms with E-state index in [2.05, 4.69) is 39.6 Å². The van der Waals surface area contributed by atoms with Gasteiger partial charge in [0.2, 0.25) is 5.91 Å². The summed E-state index contributed by atoms with van der Waals surface area (Å²) in [5.74, 6) is 0.675. The molecule has 0 unspecified atom stereocenters. The fourth-order valence-corrected chi connectivity index (χ4v) is 4.43. The van der Waals surface area contributed by atoms with E-state index in [1.54, 1.807) is 6.20 Å². The molecule has 6 heteroatoms. The van der Waals surface area contributed by atoms with Gasteiger partial charge in [0.25, 0.3) is 0 Å². The number of aromatic nitrogens is 2. The third-order valence-corrected chi connectivity index (χ3v) is 6.30. The van der Waals surface area contributed by atoms with Gasteiger partial charge in [0, 0.05) is 43.5 Å². The fourth-order valence-electron chi connectivity index (χ4n) is 4.22. The highest BCUT2D eigenvalue weighted by molar-refractivity contribution is 6.31. The van der Waals surface area contributed by atoms with Crippen LogP contribution in [0.5, 0.6) is 0 Å². The number of carbonyl (C=O) groups excluding carboxylic acids is 1. The second-order valence-corrected chi connectivity index (χ2v) is 8.67. The molecule has 0 spiro atoms. The Morgan fingerprint density at radius 1 is 1.13 bits per heavy atom. The number of nitrogens with one attached hydrogen (secondary N) is 1. The van der Waals surface area contributed by atoms with Gasteiger partial charge in [-0.3, -0.25) is 9.69 Å². The molecule has 1 atom stereocenters. The molecule has 162 valence electrons. The van der Waals surface area contributed by atoms with Crippen molar-refractivity contribution in [2.75, 3.05) is 13.1 Å². The minimum atomic E-state index is 0.103. The first-order valence-corrected chi connectivity index (χ1v) is 11.4. The molecule has 5 nitrogen and oxygen atoms in total. The van der Waals surface area contributed by atoms with Gasteiger partial charge >= 0.3 is 0 Å². The van der Waals surface area contributed by atoms with Gasteiger partial charge in [0.15, 0.2) is 0 Å². The largest absolute Gasteiger partial charge is 0.352 e. The van der Waals surface area contributed by atoms with Crippen molar-refractivity contribution in [3.8, 4) is 5.69 Å². The molecular formula is C25H29ClN4O. The average Bonchev–Trinajstić information content (AvgIpc) is 3.33. The number of hydrogen-bond acceptors (Lipinski definition) is 3. The van der Waals surface area contributed by atoms with Gasteiger partial charge in [-0.2, -0.15) is 5.10 Å². The highest BCUT2D eigenvalue weighted by atomic mass is 35.5. The molecule has 1 N–H and O–H groups in total. The molecule has 1 aliphatic heterocycles. The zero-order chi connectivity index (χ0) is 21.5. The minimum Gasteiger partial charge on any atom is -0.352 e. The van der Waals surface area contributed by atoms with Crippen molar-refractivity contribution < 1.29 is 4.79 Å². The molecule has 1 amide bonds. The number of rotatable bonds is 8. The maximum atomic E-state index is 12.3. The maximum absolute atomic E-state index is 12.3. The Labute approximate surface area is 189 Å². The Balaban J connectivity index is 1.21. The third kappa shape index (κ3) is 6.18. The van der Waals surface area contributed by atoms with E-state index >= 15 is 0 Å². The Morgan fingerprint density at radius 3 is 2.74 bits per heavy atom. The summed E-state index contributed by atoms with van der Waals surface area (Å²) in [6.07, 6.45) is 7.64. The first-order valence-electron chi connectivity index (χ1n) is 11.0. The Bertz CT molecular complexity index is 971. The van der Waals surface area contributed by atoms with E-state index in [1.807, 2.05) is 41.2 Å². The Morgan fingerprint density at radius 2 is 1.97 bits per heavy atom. The van der Waals surface area contributed by atoms with Crippen LogP contribution in [0.4, 0.5) is 0 Å². The van der Waals surface area contributed by atoms with Gasteiger partial charge in [-0.15, -0.1) is 0 Å². The Kier molecular flexibility index (Phi) is 7.39. The van der Waals surface area contributed by atoms with Crippen LogP contribution in [-0.4, -0.2) is 33.7 Å². The van der Waals surface area contributed by atoms with Crippen LogP contribution in [0.1, 0.15) is 36.8 Å². The quantitative estimate of drug-likeness (QED) is 0.550. The first-order chi connectivity index (χ1) is 15.2. The van der Waals surface area contributed by atoms with Gasteiger partial charge < -0.3 is 5.32 Å². The lowest BCUT2D eigenvalue weighted by Crippen LogP contribution is -2.35. The molecule has 1 aromatic heterocycles. The second-order valence-electron chi connectivity index (χ2n) is 8.27. The summed E-state index contributed by atoms with van der Waals surface area (Å²) in [6, 6.07) is 18.2. The molecule has 0 bridgehead atoms. The molecule has 0 saturated carbocycles. The van der Waals surface area contributed by atoms with Crippen LogP contribution in [0.3, 0.4) is 0 Å². The lowest BCUT2D eigenvalue weighted by atomic mass is 9.93. The summed E-state index contributed by atoms with van der Waals surface area (Å²) in [5.41, 5.74) is 3.35. The average molecular weight is 437 g/mol. The van der Waals surface area contributed by atoms with E-state index in [0.29, 0.717) is 23.9 Å².